The van der Waals surface area contributed by atoms with Crippen LogP contribution in [0, 0.1) is 0 Å². The molecule has 0 aliphatic rings. The molecule has 0 radical (unpaired) electrons. The van der Waals surface area contributed by atoms with Gasteiger partial charge >= 0.3 is 57.6 Å². The first-order valence-electron chi connectivity index (χ1n) is 5.61. The average Bonchev–Trinajstić information content (AvgIpc) is 2.23. The zero-order valence-electron chi connectivity index (χ0n) is 12.4. The van der Waals surface area contributed by atoms with E-state index < -0.39 is 17.3 Å². The SMILES string of the molecule is CC(C)(C)[O-].COC=Cc1ccc(C(F)(F)F)cc1.[K+]. The minimum Gasteiger partial charge on any atom is -0.850 e. The van der Waals surface area contributed by atoms with Crippen LogP contribution in [0.25, 0.3) is 6.08 Å². The maximum Gasteiger partial charge on any atom is 1.00 e. The summed E-state index contributed by atoms with van der Waals surface area (Å²) in [4.78, 5) is 0. The molecule has 20 heavy (non-hydrogen) atoms. The number of hydrogen-bond acceptors (Lipinski definition) is 2. The van der Waals surface area contributed by atoms with Gasteiger partial charge in [-0.2, -0.15) is 13.2 Å². The Morgan fingerprint density at radius 1 is 1.05 bits per heavy atom. The standard InChI is InChI=1S/C10H9F3O.C4H9O.K/c1-14-7-6-8-2-4-9(5-3-8)10(11,12)13;1-4(2,3)5;/h2-7H,1H3;1-3H3;/q;-1;+1. The summed E-state index contributed by atoms with van der Waals surface area (Å²) in [5.41, 5.74) is -0.730. The number of benzene rings is 1. The van der Waals surface area contributed by atoms with Gasteiger partial charge in [0.2, 0.25) is 0 Å². The number of alkyl halides is 3. The van der Waals surface area contributed by atoms with E-state index in [1.54, 1.807) is 26.8 Å². The minimum absolute atomic E-state index is 0. The molecule has 0 heterocycles. The summed E-state index contributed by atoms with van der Waals surface area (Å²) < 4.78 is 41.0. The molecule has 0 saturated heterocycles. The van der Waals surface area contributed by atoms with Crippen LogP contribution in [0.2, 0.25) is 0 Å². The van der Waals surface area contributed by atoms with Gasteiger partial charge in [-0.15, -0.1) is 5.60 Å². The molecule has 2 nitrogen and oxygen atoms in total. The van der Waals surface area contributed by atoms with Crippen LogP contribution < -0.4 is 56.5 Å². The van der Waals surface area contributed by atoms with Gasteiger partial charge in [0.25, 0.3) is 0 Å². The smallest absolute Gasteiger partial charge is 0.850 e. The summed E-state index contributed by atoms with van der Waals surface area (Å²) in [6.45, 7) is 4.90. The van der Waals surface area contributed by atoms with E-state index in [0.717, 1.165) is 12.1 Å². The first-order chi connectivity index (χ1) is 8.54. The zero-order valence-corrected chi connectivity index (χ0v) is 15.5. The molecule has 0 aliphatic carbocycles. The molecule has 0 spiro atoms. The third kappa shape index (κ3) is 13.1. The molecule has 6 heteroatoms. The van der Waals surface area contributed by atoms with E-state index in [2.05, 4.69) is 4.74 Å². The zero-order chi connectivity index (χ0) is 15.1. The molecular formula is C14H18F3KO2. The van der Waals surface area contributed by atoms with E-state index in [1.807, 2.05) is 0 Å². The predicted octanol–water partition coefficient (Wildman–Crippen LogP) is 0.472. The average molecular weight is 314 g/mol. The fourth-order valence-corrected chi connectivity index (χ4v) is 0.930. The minimum atomic E-state index is -4.27. The topological polar surface area (TPSA) is 32.3 Å². The van der Waals surface area contributed by atoms with E-state index in [0.29, 0.717) is 5.56 Å². The van der Waals surface area contributed by atoms with Crippen molar-refractivity contribution < 1.29 is 74.4 Å². The van der Waals surface area contributed by atoms with E-state index in [4.69, 9.17) is 0 Å². The molecule has 0 aromatic heterocycles. The molecule has 0 bridgehead atoms. The molecule has 0 amide bonds. The third-order valence-corrected chi connectivity index (χ3v) is 1.63. The van der Waals surface area contributed by atoms with Crippen molar-refractivity contribution in [2.24, 2.45) is 0 Å². The van der Waals surface area contributed by atoms with Crippen molar-refractivity contribution in [3.63, 3.8) is 0 Å². The van der Waals surface area contributed by atoms with Gasteiger partial charge < -0.3 is 9.84 Å². The molecule has 0 atom stereocenters. The molecule has 1 rings (SSSR count). The van der Waals surface area contributed by atoms with E-state index in [-0.39, 0.29) is 51.4 Å². The Morgan fingerprint density at radius 3 is 1.75 bits per heavy atom. The van der Waals surface area contributed by atoms with E-state index in [1.165, 1.54) is 25.5 Å². The quantitative estimate of drug-likeness (QED) is 0.587. The second-order valence-electron chi connectivity index (χ2n) is 4.77. The molecule has 1 aromatic rings. The van der Waals surface area contributed by atoms with Crippen LogP contribution in [-0.2, 0) is 10.9 Å². The Balaban J connectivity index is 0. The summed E-state index contributed by atoms with van der Waals surface area (Å²) in [7, 11) is 1.47. The fourth-order valence-electron chi connectivity index (χ4n) is 0.930. The monoisotopic (exact) mass is 314 g/mol. The molecule has 108 valence electrons. The number of ether oxygens (including phenoxy) is 1. The van der Waals surface area contributed by atoms with Gasteiger partial charge in [0, 0.05) is 0 Å². The van der Waals surface area contributed by atoms with Crippen LogP contribution in [0.3, 0.4) is 0 Å². The maximum atomic E-state index is 12.1. The summed E-state index contributed by atoms with van der Waals surface area (Å²) in [5, 5.41) is 10.1. The van der Waals surface area contributed by atoms with Crippen LogP contribution in [0.5, 0.6) is 0 Å². The Hall–Kier alpha value is 0.146. The molecule has 0 unspecified atom stereocenters. The first-order valence-corrected chi connectivity index (χ1v) is 5.61. The number of hydrogen-bond donors (Lipinski definition) is 0. The summed E-state index contributed by atoms with van der Waals surface area (Å²) in [6.07, 6.45) is -1.29. The van der Waals surface area contributed by atoms with Crippen LogP contribution >= 0.6 is 0 Å². The first kappa shape index (κ1) is 22.4. The van der Waals surface area contributed by atoms with E-state index in [9.17, 15) is 18.3 Å². The van der Waals surface area contributed by atoms with Crippen LogP contribution in [0.4, 0.5) is 13.2 Å². The summed E-state index contributed by atoms with van der Waals surface area (Å²) in [6, 6.07) is 4.85. The van der Waals surface area contributed by atoms with Gasteiger partial charge in [-0.3, -0.25) is 0 Å². The molecule has 1 aromatic carbocycles. The van der Waals surface area contributed by atoms with Gasteiger partial charge in [0.05, 0.1) is 18.9 Å². The van der Waals surface area contributed by atoms with Gasteiger partial charge in [-0.1, -0.05) is 32.9 Å². The van der Waals surface area contributed by atoms with Gasteiger partial charge in [0.1, 0.15) is 0 Å². The Labute approximate surface area is 160 Å². The van der Waals surface area contributed by atoms with E-state index >= 15 is 0 Å². The van der Waals surface area contributed by atoms with Crippen molar-refractivity contribution >= 4 is 6.08 Å². The third-order valence-electron chi connectivity index (χ3n) is 1.63. The van der Waals surface area contributed by atoms with Crippen molar-refractivity contribution in [1.29, 1.82) is 0 Å². The van der Waals surface area contributed by atoms with Gasteiger partial charge in [-0.25, -0.2) is 0 Å². The van der Waals surface area contributed by atoms with Crippen molar-refractivity contribution in [3.8, 4) is 0 Å². The second kappa shape index (κ2) is 9.97. The van der Waals surface area contributed by atoms with Crippen LogP contribution in [0.1, 0.15) is 31.9 Å². The molecule has 0 fully saturated rings. The normalized spacial score (nSPS) is 11.4. The molecule has 0 aliphatic heterocycles. The van der Waals surface area contributed by atoms with Crippen molar-refractivity contribution in [3.05, 3.63) is 41.7 Å². The molecular weight excluding hydrogens is 296 g/mol. The molecule has 0 N–H and O–H groups in total. The van der Waals surface area contributed by atoms with Crippen LogP contribution in [-0.4, -0.2) is 12.7 Å². The van der Waals surface area contributed by atoms with Gasteiger partial charge in [0.15, 0.2) is 0 Å². The number of methoxy groups -OCH3 is 1. The summed E-state index contributed by atoms with van der Waals surface area (Å²) in [5.74, 6) is 0. The fraction of sp³-hybridized carbons (Fsp3) is 0.429. The van der Waals surface area contributed by atoms with Crippen molar-refractivity contribution in [2.45, 2.75) is 32.5 Å². The number of halogens is 3. The van der Waals surface area contributed by atoms with Crippen LogP contribution in [0.15, 0.2) is 30.5 Å². The largest absolute Gasteiger partial charge is 1.00 e. The predicted molar refractivity (Wildman–Crippen MR) is 67.2 cm³/mol. The maximum absolute atomic E-state index is 12.1. The Bertz CT molecular complexity index is 386. The second-order valence-corrected chi connectivity index (χ2v) is 4.77. The Kier molecular flexibility index (Phi) is 11.2. The molecule has 0 saturated carbocycles. The van der Waals surface area contributed by atoms with Crippen molar-refractivity contribution in [2.75, 3.05) is 7.11 Å². The van der Waals surface area contributed by atoms with Crippen molar-refractivity contribution in [1.82, 2.24) is 0 Å². The van der Waals surface area contributed by atoms with Gasteiger partial charge in [-0.05, 0) is 23.8 Å². The Morgan fingerprint density at radius 2 is 1.45 bits per heavy atom. The summed E-state index contributed by atoms with van der Waals surface area (Å²) >= 11 is 0. The number of rotatable bonds is 2.